The first kappa shape index (κ1) is 14.5. The van der Waals surface area contributed by atoms with E-state index in [0.717, 1.165) is 35.4 Å². The molecule has 1 aromatic carbocycles. The largest absolute Gasteiger partial charge is 0.326 e. The number of benzene rings is 1. The summed E-state index contributed by atoms with van der Waals surface area (Å²) >= 11 is 3.42. The number of rotatable bonds is 3. The van der Waals surface area contributed by atoms with Gasteiger partial charge in [0.05, 0.1) is 0 Å². The average Bonchev–Trinajstić information content (AvgIpc) is 2.37. The van der Waals surface area contributed by atoms with Crippen LogP contribution in [-0.4, -0.2) is 43.5 Å². The molecule has 1 aliphatic rings. The van der Waals surface area contributed by atoms with Crippen LogP contribution in [0.5, 0.6) is 0 Å². The Kier molecular flexibility index (Phi) is 4.96. The van der Waals surface area contributed by atoms with Crippen LogP contribution in [0.4, 0.5) is 5.69 Å². The van der Waals surface area contributed by atoms with E-state index in [-0.39, 0.29) is 11.9 Å². The van der Waals surface area contributed by atoms with Crippen LogP contribution in [0.25, 0.3) is 0 Å². The van der Waals surface area contributed by atoms with Crippen molar-refractivity contribution in [2.75, 3.05) is 32.0 Å². The monoisotopic (exact) mass is 325 g/mol. The van der Waals surface area contributed by atoms with E-state index in [1.165, 1.54) is 0 Å². The summed E-state index contributed by atoms with van der Waals surface area (Å²) in [5, 5.41) is 6.32. The van der Waals surface area contributed by atoms with Crippen LogP contribution in [0.1, 0.15) is 12.0 Å². The van der Waals surface area contributed by atoms with Crippen LogP contribution in [0, 0.1) is 6.92 Å². The quantitative estimate of drug-likeness (QED) is 0.893. The van der Waals surface area contributed by atoms with E-state index in [1.807, 2.05) is 25.1 Å². The summed E-state index contributed by atoms with van der Waals surface area (Å²) in [7, 11) is 2.07. The fraction of sp³-hybridized carbons (Fsp3) is 0.500. The highest BCUT2D eigenvalue weighted by Crippen LogP contribution is 2.21. The highest BCUT2D eigenvalue weighted by atomic mass is 79.9. The first-order chi connectivity index (χ1) is 9.06. The molecule has 0 spiro atoms. The predicted molar refractivity (Wildman–Crippen MR) is 81.4 cm³/mol. The van der Waals surface area contributed by atoms with Crippen LogP contribution in [-0.2, 0) is 4.79 Å². The van der Waals surface area contributed by atoms with Gasteiger partial charge >= 0.3 is 0 Å². The molecular weight excluding hydrogens is 306 g/mol. The number of amides is 1. The Morgan fingerprint density at radius 2 is 2.37 bits per heavy atom. The number of halogens is 1. The normalized spacial score (nSPS) is 20.3. The number of likely N-dealkylation sites (N-methyl/N-ethyl adjacent to an activating group) is 1. The molecule has 1 unspecified atom stereocenters. The van der Waals surface area contributed by atoms with Gasteiger partial charge in [-0.3, -0.25) is 4.79 Å². The topological polar surface area (TPSA) is 44.4 Å². The van der Waals surface area contributed by atoms with E-state index in [2.05, 4.69) is 38.5 Å². The van der Waals surface area contributed by atoms with Crippen molar-refractivity contribution in [1.82, 2.24) is 10.2 Å². The van der Waals surface area contributed by atoms with Crippen LogP contribution < -0.4 is 10.6 Å². The van der Waals surface area contributed by atoms with E-state index in [4.69, 9.17) is 0 Å². The van der Waals surface area contributed by atoms with Gasteiger partial charge in [-0.1, -0.05) is 22.0 Å². The molecule has 2 N–H and O–H groups in total. The number of carbonyl (C=O) groups excluding carboxylic acids is 1. The van der Waals surface area contributed by atoms with Crippen LogP contribution in [0.2, 0.25) is 0 Å². The molecule has 1 fully saturated rings. The minimum Gasteiger partial charge on any atom is -0.326 e. The molecule has 1 aromatic rings. The zero-order valence-electron chi connectivity index (χ0n) is 11.4. The van der Waals surface area contributed by atoms with Crippen molar-refractivity contribution in [2.45, 2.75) is 19.4 Å². The molecule has 1 saturated heterocycles. The number of carbonyl (C=O) groups is 1. The van der Waals surface area contributed by atoms with Gasteiger partial charge in [0.25, 0.3) is 0 Å². The standard InChI is InChI=1S/C14H20BrN3O/c1-10-3-4-11(15)7-13(10)17-14(19)8-12-9-16-5-6-18(12)2/h3-4,7,12,16H,5-6,8-9H2,1-2H3,(H,17,19). The summed E-state index contributed by atoms with van der Waals surface area (Å²) in [6.45, 7) is 4.87. The Balaban J connectivity index is 1.95. The molecule has 0 aromatic heterocycles. The summed E-state index contributed by atoms with van der Waals surface area (Å²) in [6, 6.07) is 6.19. The maximum atomic E-state index is 12.1. The second-order valence-electron chi connectivity index (χ2n) is 5.05. The number of anilines is 1. The molecule has 1 amide bonds. The Morgan fingerprint density at radius 3 is 3.11 bits per heavy atom. The highest BCUT2D eigenvalue weighted by molar-refractivity contribution is 9.10. The van der Waals surface area contributed by atoms with Gasteiger partial charge < -0.3 is 15.5 Å². The Labute approximate surface area is 122 Å². The Morgan fingerprint density at radius 1 is 1.58 bits per heavy atom. The second-order valence-corrected chi connectivity index (χ2v) is 5.97. The molecule has 2 rings (SSSR count). The number of hydrogen-bond donors (Lipinski definition) is 2. The molecular formula is C14H20BrN3O. The lowest BCUT2D eigenvalue weighted by Crippen LogP contribution is -2.50. The molecule has 5 heteroatoms. The molecule has 104 valence electrons. The summed E-state index contributed by atoms with van der Waals surface area (Å²) in [6.07, 6.45) is 0.523. The maximum Gasteiger partial charge on any atom is 0.226 e. The van der Waals surface area contributed by atoms with Crippen molar-refractivity contribution < 1.29 is 4.79 Å². The van der Waals surface area contributed by atoms with E-state index in [0.29, 0.717) is 6.42 Å². The second kappa shape index (κ2) is 6.50. The molecule has 4 nitrogen and oxygen atoms in total. The van der Waals surface area contributed by atoms with Crippen molar-refractivity contribution >= 4 is 27.5 Å². The lowest BCUT2D eigenvalue weighted by molar-refractivity contribution is -0.117. The van der Waals surface area contributed by atoms with Crippen molar-refractivity contribution in [2.24, 2.45) is 0 Å². The molecule has 1 aliphatic heterocycles. The smallest absolute Gasteiger partial charge is 0.226 e. The number of nitrogens with zero attached hydrogens (tertiary/aromatic N) is 1. The third-order valence-corrected chi connectivity index (χ3v) is 4.03. The predicted octanol–water partition coefficient (Wildman–Crippen LogP) is 1.99. The van der Waals surface area contributed by atoms with Gasteiger partial charge in [-0.2, -0.15) is 0 Å². The molecule has 1 heterocycles. The summed E-state index contributed by atoms with van der Waals surface area (Å²) < 4.78 is 0.977. The molecule has 0 aliphatic carbocycles. The molecule has 1 atom stereocenters. The fourth-order valence-electron chi connectivity index (χ4n) is 2.23. The Hall–Kier alpha value is -0.910. The SMILES string of the molecule is Cc1ccc(Br)cc1NC(=O)CC1CNCCN1C. The van der Waals surface area contributed by atoms with Gasteiger partial charge in [-0.05, 0) is 31.7 Å². The van der Waals surface area contributed by atoms with Crippen molar-refractivity contribution in [3.63, 3.8) is 0 Å². The van der Waals surface area contributed by atoms with Gasteiger partial charge in [0.15, 0.2) is 0 Å². The van der Waals surface area contributed by atoms with Gasteiger partial charge in [0.1, 0.15) is 0 Å². The lowest BCUT2D eigenvalue weighted by atomic mass is 10.1. The van der Waals surface area contributed by atoms with Gasteiger partial charge in [0, 0.05) is 42.3 Å². The van der Waals surface area contributed by atoms with Crippen molar-refractivity contribution in [3.05, 3.63) is 28.2 Å². The first-order valence-corrected chi connectivity index (χ1v) is 7.32. The average molecular weight is 326 g/mol. The molecule has 0 bridgehead atoms. The summed E-state index contributed by atoms with van der Waals surface area (Å²) in [5.41, 5.74) is 1.96. The van der Waals surface area contributed by atoms with Gasteiger partial charge in [-0.25, -0.2) is 0 Å². The first-order valence-electron chi connectivity index (χ1n) is 6.53. The van der Waals surface area contributed by atoms with Crippen LogP contribution >= 0.6 is 15.9 Å². The maximum absolute atomic E-state index is 12.1. The van der Waals surface area contributed by atoms with E-state index < -0.39 is 0 Å². The zero-order valence-corrected chi connectivity index (χ0v) is 13.0. The van der Waals surface area contributed by atoms with Gasteiger partial charge in [0.2, 0.25) is 5.91 Å². The van der Waals surface area contributed by atoms with Crippen molar-refractivity contribution in [1.29, 1.82) is 0 Å². The minimum atomic E-state index is 0.0711. The Bertz CT molecular complexity index is 464. The van der Waals surface area contributed by atoms with Crippen LogP contribution in [0.15, 0.2) is 22.7 Å². The number of hydrogen-bond acceptors (Lipinski definition) is 3. The van der Waals surface area contributed by atoms with E-state index in [1.54, 1.807) is 0 Å². The molecule has 19 heavy (non-hydrogen) atoms. The third-order valence-electron chi connectivity index (χ3n) is 3.54. The van der Waals surface area contributed by atoms with E-state index >= 15 is 0 Å². The molecule has 0 saturated carbocycles. The minimum absolute atomic E-state index is 0.0711. The van der Waals surface area contributed by atoms with Crippen LogP contribution in [0.3, 0.4) is 0 Å². The zero-order chi connectivity index (χ0) is 13.8. The van der Waals surface area contributed by atoms with Crippen molar-refractivity contribution in [3.8, 4) is 0 Å². The highest BCUT2D eigenvalue weighted by Gasteiger charge is 2.21. The summed E-state index contributed by atoms with van der Waals surface area (Å²) in [5.74, 6) is 0.0711. The van der Waals surface area contributed by atoms with Gasteiger partial charge in [-0.15, -0.1) is 0 Å². The van der Waals surface area contributed by atoms with E-state index in [9.17, 15) is 4.79 Å². The fourth-order valence-corrected chi connectivity index (χ4v) is 2.60. The third kappa shape index (κ3) is 4.03. The number of piperazine rings is 1. The lowest BCUT2D eigenvalue weighted by Gasteiger charge is -2.32. The molecule has 0 radical (unpaired) electrons. The summed E-state index contributed by atoms with van der Waals surface area (Å²) in [4.78, 5) is 14.3. The number of nitrogens with one attached hydrogen (secondary N) is 2. The number of aryl methyl sites for hydroxylation is 1.